The Morgan fingerprint density at radius 1 is 0.740 bits per heavy atom. The number of methoxy groups -OCH3 is 1. The maximum absolute atomic E-state index is 13.6. The third kappa shape index (κ3) is 19.9. The number of aliphatic hydroxyl groups excluding tert-OH is 1. The molecule has 2 aliphatic carbocycles. The van der Waals surface area contributed by atoms with Crippen molar-refractivity contribution in [1.29, 1.82) is 0 Å². The van der Waals surface area contributed by atoms with Crippen LogP contribution in [0.4, 0.5) is 0 Å². The number of amides is 5. The van der Waals surface area contributed by atoms with Gasteiger partial charge in [-0.2, -0.15) is 0 Å². The van der Waals surface area contributed by atoms with Crippen molar-refractivity contribution in [1.82, 2.24) is 31.9 Å². The van der Waals surface area contributed by atoms with Gasteiger partial charge in [-0.05, 0) is 156 Å². The summed E-state index contributed by atoms with van der Waals surface area (Å²) in [5.74, 6) is -2.24. The minimum absolute atomic E-state index is 0.00590. The first-order valence-electron chi connectivity index (χ1n) is 37.2. The van der Waals surface area contributed by atoms with Gasteiger partial charge in [-0.25, -0.2) is 9.59 Å². The van der Waals surface area contributed by atoms with E-state index in [9.17, 15) is 53.1 Å². The molecule has 6 fully saturated rings. The number of thioether (sulfide) groups is 1. The van der Waals surface area contributed by atoms with Crippen molar-refractivity contribution in [3.05, 3.63) is 77.9 Å². The lowest BCUT2D eigenvalue weighted by atomic mass is 9.64. The van der Waals surface area contributed by atoms with Gasteiger partial charge in [0.05, 0.1) is 67.5 Å². The Labute approximate surface area is 625 Å². The predicted octanol–water partition coefficient (Wildman–Crippen LogP) is 8.81. The minimum Gasteiger partial charge on any atom is -0.497 e. The average Bonchev–Trinajstić information content (AvgIpc) is 1.38. The number of fused-ring (bicyclic) bond motifs is 2. The summed E-state index contributed by atoms with van der Waals surface area (Å²) in [5, 5.41) is 28.1. The van der Waals surface area contributed by atoms with Crippen molar-refractivity contribution in [2.75, 3.05) is 18.7 Å². The molecule has 25 heteroatoms. The molecular weight excluding hydrogens is 1370 g/mol. The Balaban J connectivity index is 0.000000224. The van der Waals surface area contributed by atoms with Crippen LogP contribution in [0.15, 0.2) is 66.7 Å². The third-order valence-electron chi connectivity index (χ3n) is 20.8. The fraction of sp³-hybridized carbons (Fsp3) is 0.696. The summed E-state index contributed by atoms with van der Waals surface area (Å²) in [4.78, 5) is 126. The molecule has 5 heterocycles. The van der Waals surface area contributed by atoms with Gasteiger partial charge in [0.25, 0.3) is 0 Å². The van der Waals surface area contributed by atoms with E-state index >= 15 is 0 Å². The lowest BCUT2D eigenvalue weighted by molar-refractivity contribution is -0.246. The van der Waals surface area contributed by atoms with E-state index in [2.05, 4.69) is 44.1 Å². The molecule has 0 bridgehead atoms. The normalized spacial score (nSPS) is 28.1. The maximum Gasteiger partial charge on any atom is 0.339 e. The Hall–Kier alpha value is -6.28. The average molecular weight is 1490 g/mol. The number of ketones is 2. The molecule has 5 aliphatic heterocycles. The zero-order chi connectivity index (χ0) is 77.7. The summed E-state index contributed by atoms with van der Waals surface area (Å²) in [6.07, 6.45) is 7.12. The number of carbonyl (C=O) groups excluding carboxylic acids is 10. The molecular formula is C79H119ClN6O17S. The number of halogens is 1. The monoisotopic (exact) mass is 1490 g/mol. The molecule has 7 N–H and O–H groups in total. The van der Waals surface area contributed by atoms with Crippen LogP contribution in [-0.4, -0.2) is 177 Å². The van der Waals surface area contributed by atoms with Gasteiger partial charge in [0.1, 0.15) is 29.8 Å². The Kier molecular flexibility index (Phi) is 30.8. The zero-order valence-corrected chi connectivity index (χ0v) is 66.4. The molecule has 0 unspecified atom stereocenters. The van der Waals surface area contributed by atoms with E-state index in [0.717, 1.165) is 60.7 Å². The number of rotatable bonds is 32. The Bertz CT molecular complexity index is 3350. The van der Waals surface area contributed by atoms with Crippen molar-refractivity contribution < 1.29 is 81.5 Å². The van der Waals surface area contributed by atoms with E-state index in [0.29, 0.717) is 30.9 Å². The van der Waals surface area contributed by atoms with Gasteiger partial charge in [-0.3, -0.25) is 38.4 Å². The van der Waals surface area contributed by atoms with E-state index in [4.69, 9.17) is 40.0 Å². The number of benzene rings is 2. The topological polar surface area (TPSA) is 318 Å². The summed E-state index contributed by atoms with van der Waals surface area (Å²) in [6, 6.07) is 16.2. The van der Waals surface area contributed by atoms with E-state index in [1.165, 1.54) is 6.92 Å². The number of esters is 2. The number of carbonyl (C=O) groups is 10. The van der Waals surface area contributed by atoms with Gasteiger partial charge >= 0.3 is 11.9 Å². The second-order valence-electron chi connectivity index (χ2n) is 31.6. The highest BCUT2D eigenvalue weighted by atomic mass is 35.5. The highest BCUT2D eigenvalue weighted by Gasteiger charge is 2.80. The first kappa shape index (κ1) is 86.6. The third-order valence-corrected chi connectivity index (χ3v) is 22.3. The van der Waals surface area contributed by atoms with Crippen molar-refractivity contribution >= 4 is 81.5 Å². The number of nitrogens with one attached hydrogen (secondary N) is 6. The summed E-state index contributed by atoms with van der Waals surface area (Å²) in [6.45, 7) is 35.3. The molecule has 104 heavy (non-hydrogen) atoms. The van der Waals surface area contributed by atoms with Crippen LogP contribution in [0.3, 0.4) is 0 Å². The van der Waals surface area contributed by atoms with Crippen LogP contribution >= 0.6 is 23.4 Å². The molecule has 0 radical (unpaired) electrons. The van der Waals surface area contributed by atoms with Crippen molar-refractivity contribution in [3.8, 4) is 5.75 Å². The maximum atomic E-state index is 13.6. The lowest BCUT2D eigenvalue weighted by Gasteiger charge is -2.56. The number of aliphatic hydroxyl groups is 1. The van der Waals surface area contributed by atoms with Gasteiger partial charge < -0.3 is 65.4 Å². The van der Waals surface area contributed by atoms with Crippen LogP contribution in [0.2, 0.25) is 0 Å². The molecule has 17 atom stereocenters. The second kappa shape index (κ2) is 37.0. The minimum atomic E-state index is -1.50. The molecule has 1 saturated carbocycles. The molecule has 7 aliphatic rings. The van der Waals surface area contributed by atoms with Crippen LogP contribution in [0, 0.1) is 46.8 Å². The highest BCUT2D eigenvalue weighted by Crippen LogP contribution is 2.55. The number of alkyl halides is 1. The molecule has 23 nitrogen and oxygen atoms in total. The highest BCUT2D eigenvalue weighted by molar-refractivity contribution is 8.13. The van der Waals surface area contributed by atoms with Gasteiger partial charge in [-0.15, -0.1) is 11.6 Å². The van der Waals surface area contributed by atoms with Crippen LogP contribution in [-0.2, 0) is 84.5 Å². The number of hydrogen-bond acceptors (Lipinski definition) is 19. The van der Waals surface area contributed by atoms with Gasteiger partial charge in [0.2, 0.25) is 45.7 Å². The zero-order valence-electron chi connectivity index (χ0n) is 64.9. The standard InChI is InChI=1S/C30H40N2O4.C18H26ClNO4.C18H32N2O5S.C13H21NO4/c1-20(2)31-21(3)27(33)19-24(17-23-11-13-25(36-5)14-12-23)29(35)32-26(28(34)30(4)15-16-30)18-22-9-7-6-8-10-22;1-11(2)23-14(12-7-5-4-6-8-12)18-16(22)24-17(18,3)13(9-10-19)15(21)20-18;1-9(2)14(22)18(17(24)26-8-11(5)19-13(7)21)15(25-10(3)4)12(6)16(23)20-18;1-6(2)9(17-7(3)4)13-10(18-12(13)16)8(5)11(15)14-13/h6-14,20-21,24,26,31H,15-19H2,1-5H3,(H,32,35);5,7,11-14H,4,6,8-10H2,1-3H3,(H,20,21);9-12,14-15,22H,8H2,1-7H3,(H,19,21)(H,20,23);6-10H,1-5H3,(H,14,15)/t21-,24+,26-;12-,13+,14+,17+,18-;11-,12-,14+,15+,18-;8-,9+,10+,13+/m0111/s1. The van der Waals surface area contributed by atoms with E-state index in [-0.39, 0.29) is 136 Å². The smallest absolute Gasteiger partial charge is 0.339 e. The summed E-state index contributed by atoms with van der Waals surface area (Å²) in [7, 11) is 1.61. The molecule has 580 valence electrons. The fourth-order valence-corrected chi connectivity index (χ4v) is 16.3. The number of hydrogen-bond donors (Lipinski definition) is 7. The van der Waals surface area contributed by atoms with Crippen molar-refractivity contribution in [2.24, 2.45) is 46.8 Å². The number of allylic oxidation sites excluding steroid dienone is 1. The van der Waals surface area contributed by atoms with Gasteiger partial charge in [0.15, 0.2) is 16.9 Å². The fourth-order valence-electron chi connectivity index (χ4n) is 15.0. The van der Waals surface area contributed by atoms with Gasteiger partial charge in [-0.1, -0.05) is 122 Å². The lowest BCUT2D eigenvalue weighted by Crippen LogP contribution is -2.80. The van der Waals surface area contributed by atoms with E-state index < -0.39 is 70.4 Å². The van der Waals surface area contributed by atoms with Crippen LogP contribution in [0.5, 0.6) is 5.75 Å². The van der Waals surface area contributed by atoms with Crippen LogP contribution in [0.25, 0.3) is 0 Å². The Morgan fingerprint density at radius 3 is 1.86 bits per heavy atom. The van der Waals surface area contributed by atoms with E-state index in [1.54, 1.807) is 41.7 Å². The molecule has 0 spiro atoms. The van der Waals surface area contributed by atoms with Crippen molar-refractivity contribution in [2.45, 2.75) is 285 Å². The summed E-state index contributed by atoms with van der Waals surface area (Å²) < 4.78 is 34.0. The van der Waals surface area contributed by atoms with Gasteiger partial charge in [0, 0.05) is 54.3 Å². The predicted molar refractivity (Wildman–Crippen MR) is 399 cm³/mol. The van der Waals surface area contributed by atoms with Crippen LogP contribution < -0.4 is 36.6 Å². The molecule has 5 saturated heterocycles. The first-order chi connectivity index (χ1) is 48.7. The number of Topliss-reactive ketones (excluding diaryl/α,β-unsaturated/α-hetero) is 2. The number of ether oxygens (including phenoxy) is 6. The SMILES string of the molecule is CC(=O)N[C@H](C)CSC(=O)[C@]1([C@@H](O)C(C)C)NC(=O)[C@H](C)[C@@H]1OC(C)C.CC(C)O[C@@H](C(C)C)[C@]12NC(=O)[C@H](C)[C@@H]1OC2=O.CC(C)O[C@@H]([C@@H]1C=CCCC1)[C@]12NC(=O)[C@H](CCCl)[C@]1(C)OC2=O.COc1ccc(C[C@H](CC(=O)[C@H](C)NC(C)C)C(=O)N[C@@H](Cc2ccccc2)C(=O)C2(C)CC2)cc1. The first-order valence-corrected chi connectivity index (χ1v) is 38.8. The molecule has 5 amide bonds. The largest absolute Gasteiger partial charge is 0.497 e. The summed E-state index contributed by atoms with van der Waals surface area (Å²) >= 11 is 6.87. The quantitative estimate of drug-likeness (QED) is 0.0204. The summed E-state index contributed by atoms with van der Waals surface area (Å²) in [5.41, 5.74) is -2.93. The van der Waals surface area contributed by atoms with Crippen LogP contribution in [0.1, 0.15) is 188 Å². The van der Waals surface area contributed by atoms with E-state index in [1.807, 2.05) is 145 Å². The molecule has 2 aromatic carbocycles. The molecule has 2 aromatic rings. The Morgan fingerprint density at radius 2 is 1.36 bits per heavy atom. The molecule has 9 rings (SSSR count). The second-order valence-corrected chi connectivity index (χ2v) is 32.9. The van der Waals surface area contributed by atoms with Crippen molar-refractivity contribution in [3.63, 3.8) is 0 Å². The molecule has 0 aromatic heterocycles.